The molecular weight excluding hydrogens is 397 g/mol. The highest BCUT2D eigenvalue weighted by Crippen LogP contribution is 2.30. The van der Waals surface area contributed by atoms with E-state index in [-0.39, 0.29) is 5.91 Å². The van der Waals surface area contributed by atoms with Gasteiger partial charge in [0.2, 0.25) is 0 Å². The topological polar surface area (TPSA) is 63.5 Å². The van der Waals surface area contributed by atoms with Crippen molar-refractivity contribution in [3.05, 3.63) is 59.5 Å². The van der Waals surface area contributed by atoms with E-state index in [1.54, 1.807) is 18.2 Å². The summed E-state index contributed by atoms with van der Waals surface area (Å²) in [7, 11) is 3.49. The summed E-state index contributed by atoms with van der Waals surface area (Å²) in [6.07, 6.45) is 1.51. The number of benzene rings is 1. The van der Waals surface area contributed by atoms with Crippen LogP contribution in [0.2, 0.25) is 0 Å². The second kappa shape index (κ2) is 7.68. The number of alkyl halides is 1. The third-order valence-electron chi connectivity index (χ3n) is 5.99. The number of rotatable bonds is 5. The first-order chi connectivity index (χ1) is 15.0. The van der Waals surface area contributed by atoms with Crippen LogP contribution in [0.4, 0.5) is 10.2 Å². The number of methoxy groups -OCH3 is 1. The van der Waals surface area contributed by atoms with Crippen molar-refractivity contribution in [1.29, 1.82) is 0 Å². The van der Waals surface area contributed by atoms with E-state index in [9.17, 15) is 9.18 Å². The van der Waals surface area contributed by atoms with Gasteiger partial charge in [0.25, 0.3) is 5.91 Å². The molecule has 0 N–H and O–H groups in total. The molecule has 1 atom stereocenters. The Morgan fingerprint density at radius 1 is 1.19 bits per heavy atom. The van der Waals surface area contributed by atoms with Crippen molar-refractivity contribution < 1.29 is 13.9 Å². The maximum Gasteiger partial charge on any atom is 0.273 e. The lowest BCUT2D eigenvalue weighted by Gasteiger charge is -2.17. The molecule has 0 saturated carbocycles. The molecule has 0 spiro atoms. The van der Waals surface area contributed by atoms with Crippen LogP contribution in [0.25, 0.3) is 11.4 Å². The van der Waals surface area contributed by atoms with Gasteiger partial charge in [-0.2, -0.15) is 0 Å². The molecule has 1 fully saturated rings. The highest BCUT2D eigenvalue weighted by molar-refractivity contribution is 5.97. The largest absolute Gasteiger partial charge is 0.497 e. The Kier molecular flexibility index (Phi) is 4.84. The fourth-order valence-electron chi connectivity index (χ4n) is 4.30. The van der Waals surface area contributed by atoms with E-state index < -0.39 is 6.17 Å². The zero-order valence-corrected chi connectivity index (χ0v) is 17.6. The van der Waals surface area contributed by atoms with E-state index in [4.69, 9.17) is 9.72 Å². The molecule has 3 aromatic rings. The number of halogens is 1. The smallest absolute Gasteiger partial charge is 0.273 e. The van der Waals surface area contributed by atoms with Gasteiger partial charge in [-0.25, -0.2) is 14.4 Å². The molecule has 7 nitrogen and oxygen atoms in total. The van der Waals surface area contributed by atoms with Crippen LogP contribution < -0.4 is 9.64 Å². The molecule has 0 radical (unpaired) electrons. The number of ether oxygens (including phenoxy) is 1. The summed E-state index contributed by atoms with van der Waals surface area (Å²) in [5.74, 6) is 2.25. The molecule has 8 heteroatoms. The molecule has 31 heavy (non-hydrogen) atoms. The zero-order chi connectivity index (χ0) is 21.5. The Hall–Kier alpha value is -3.42. The van der Waals surface area contributed by atoms with E-state index in [1.807, 2.05) is 52.9 Å². The molecule has 1 amide bonds. The van der Waals surface area contributed by atoms with Crippen molar-refractivity contribution in [3.63, 3.8) is 0 Å². The molecule has 160 valence electrons. The predicted octanol–water partition coefficient (Wildman–Crippen LogP) is 3.19. The average Bonchev–Trinajstić information content (AvgIpc) is 3.45. The molecular formula is C23H24FN5O2. The highest BCUT2D eigenvalue weighted by Gasteiger charge is 2.33. The lowest BCUT2D eigenvalue weighted by atomic mass is 10.2. The SMILES string of the molecule is COc1ccc(CN2Cc3nc(-c4ccc(N5CC[C@@H](F)C5)nc4)n(C)c3C2=O)cc1. The number of fused-ring (bicyclic) bond motifs is 1. The number of hydrogen-bond donors (Lipinski definition) is 0. The van der Waals surface area contributed by atoms with Gasteiger partial charge in [0.15, 0.2) is 0 Å². The van der Waals surface area contributed by atoms with Crippen molar-refractivity contribution in [2.75, 3.05) is 25.1 Å². The summed E-state index contributed by atoms with van der Waals surface area (Å²) in [5.41, 5.74) is 3.28. The van der Waals surface area contributed by atoms with Crippen LogP contribution in [0, 0.1) is 0 Å². The number of aromatic nitrogens is 3. The normalized spacial score (nSPS) is 18.0. The van der Waals surface area contributed by atoms with Crippen LogP contribution in [-0.4, -0.2) is 51.7 Å². The summed E-state index contributed by atoms with van der Waals surface area (Å²) in [4.78, 5) is 26.0. The molecule has 2 aromatic heterocycles. The number of carbonyl (C=O) groups is 1. The van der Waals surface area contributed by atoms with Gasteiger partial charge < -0.3 is 19.1 Å². The Morgan fingerprint density at radius 3 is 2.61 bits per heavy atom. The summed E-state index contributed by atoms with van der Waals surface area (Å²) >= 11 is 0. The van der Waals surface area contributed by atoms with E-state index in [0.717, 1.165) is 28.4 Å². The molecule has 2 aliphatic rings. The number of nitrogens with zero attached hydrogens (tertiary/aromatic N) is 5. The van der Waals surface area contributed by atoms with Crippen LogP contribution >= 0.6 is 0 Å². The second-order valence-electron chi connectivity index (χ2n) is 8.04. The minimum Gasteiger partial charge on any atom is -0.497 e. The van der Waals surface area contributed by atoms with Gasteiger partial charge in [-0.15, -0.1) is 0 Å². The van der Waals surface area contributed by atoms with Crippen LogP contribution in [0.15, 0.2) is 42.6 Å². The molecule has 0 bridgehead atoms. The number of imidazole rings is 1. The number of carbonyl (C=O) groups excluding carboxylic acids is 1. The third-order valence-corrected chi connectivity index (χ3v) is 5.99. The summed E-state index contributed by atoms with van der Waals surface area (Å²) in [6.45, 7) is 2.08. The Balaban J connectivity index is 1.33. The maximum absolute atomic E-state index is 13.5. The number of pyridine rings is 1. The number of amides is 1. The van der Waals surface area contributed by atoms with Gasteiger partial charge >= 0.3 is 0 Å². The Bertz CT molecular complexity index is 1110. The Morgan fingerprint density at radius 2 is 2.00 bits per heavy atom. The number of hydrogen-bond acceptors (Lipinski definition) is 5. The average molecular weight is 421 g/mol. The monoisotopic (exact) mass is 421 g/mol. The Labute approximate surface area is 180 Å². The van der Waals surface area contributed by atoms with Gasteiger partial charge in [0.1, 0.15) is 29.3 Å². The van der Waals surface area contributed by atoms with Crippen molar-refractivity contribution >= 4 is 11.7 Å². The zero-order valence-electron chi connectivity index (χ0n) is 17.6. The van der Waals surface area contributed by atoms with Crippen molar-refractivity contribution in [3.8, 4) is 17.1 Å². The molecule has 5 rings (SSSR count). The molecule has 2 aliphatic heterocycles. The summed E-state index contributed by atoms with van der Waals surface area (Å²) < 4.78 is 20.5. The first-order valence-corrected chi connectivity index (χ1v) is 10.4. The quantitative estimate of drug-likeness (QED) is 0.633. The van der Waals surface area contributed by atoms with E-state index in [0.29, 0.717) is 44.1 Å². The lowest BCUT2D eigenvalue weighted by molar-refractivity contribution is 0.0757. The predicted molar refractivity (Wildman–Crippen MR) is 115 cm³/mol. The third kappa shape index (κ3) is 3.52. The second-order valence-corrected chi connectivity index (χ2v) is 8.04. The van der Waals surface area contributed by atoms with Gasteiger partial charge in [-0.1, -0.05) is 12.1 Å². The van der Waals surface area contributed by atoms with Crippen molar-refractivity contribution in [2.45, 2.75) is 25.7 Å². The van der Waals surface area contributed by atoms with Crippen LogP contribution in [-0.2, 0) is 20.1 Å². The minimum absolute atomic E-state index is 0.0253. The molecule has 1 saturated heterocycles. The van der Waals surface area contributed by atoms with Gasteiger partial charge in [-0.3, -0.25) is 4.79 Å². The summed E-state index contributed by atoms with van der Waals surface area (Å²) in [5, 5.41) is 0. The fraction of sp³-hybridized carbons (Fsp3) is 0.348. The van der Waals surface area contributed by atoms with Gasteiger partial charge in [-0.05, 0) is 36.2 Å². The van der Waals surface area contributed by atoms with E-state index >= 15 is 0 Å². The minimum atomic E-state index is -0.786. The first kappa shape index (κ1) is 19.5. The summed E-state index contributed by atoms with van der Waals surface area (Å²) in [6, 6.07) is 11.5. The maximum atomic E-state index is 13.5. The first-order valence-electron chi connectivity index (χ1n) is 10.4. The van der Waals surface area contributed by atoms with Crippen LogP contribution in [0.5, 0.6) is 5.75 Å². The van der Waals surface area contributed by atoms with E-state index in [1.165, 1.54) is 0 Å². The van der Waals surface area contributed by atoms with E-state index in [2.05, 4.69) is 4.98 Å². The van der Waals surface area contributed by atoms with Crippen molar-refractivity contribution in [1.82, 2.24) is 19.4 Å². The number of anilines is 1. The highest BCUT2D eigenvalue weighted by atomic mass is 19.1. The van der Waals surface area contributed by atoms with Crippen molar-refractivity contribution in [2.24, 2.45) is 7.05 Å². The van der Waals surface area contributed by atoms with Gasteiger partial charge in [0.05, 0.1) is 25.9 Å². The fourth-order valence-corrected chi connectivity index (χ4v) is 4.30. The molecule has 4 heterocycles. The molecule has 1 aromatic carbocycles. The molecule has 0 aliphatic carbocycles. The van der Waals surface area contributed by atoms with Crippen LogP contribution in [0.1, 0.15) is 28.2 Å². The van der Waals surface area contributed by atoms with Gasteiger partial charge in [0, 0.05) is 31.9 Å². The van der Waals surface area contributed by atoms with Crippen LogP contribution in [0.3, 0.4) is 0 Å². The standard InChI is InChI=1S/C23H24FN5O2/c1-27-21-19(14-29(23(21)30)12-15-3-6-18(31-2)7-4-15)26-22(27)16-5-8-20(25-11-16)28-10-9-17(24)13-28/h3-8,11,17H,9-10,12-14H2,1-2H3/t17-/m1/s1. The lowest BCUT2D eigenvalue weighted by Crippen LogP contribution is -2.25. The molecule has 0 unspecified atom stereocenters.